The van der Waals surface area contributed by atoms with E-state index in [1.807, 2.05) is 38.1 Å². The molecule has 37 heavy (non-hydrogen) atoms. The molecule has 0 aliphatic carbocycles. The number of hydrogen-bond donors (Lipinski definition) is 1. The van der Waals surface area contributed by atoms with E-state index in [1.54, 1.807) is 0 Å². The number of alkyl halides is 3. The number of rotatable bonds is 5. The van der Waals surface area contributed by atoms with Gasteiger partial charge in [0.05, 0.1) is 21.7 Å². The Hall–Kier alpha value is -3.44. The van der Waals surface area contributed by atoms with Crippen molar-refractivity contribution in [2.75, 3.05) is 29.9 Å². The molecule has 11 heteroatoms. The molecule has 0 aromatic heterocycles. The van der Waals surface area contributed by atoms with E-state index in [-0.39, 0.29) is 24.0 Å². The topological polar surface area (TPSA) is 69.7 Å². The minimum absolute atomic E-state index is 0.160. The van der Waals surface area contributed by atoms with Crippen molar-refractivity contribution in [1.82, 2.24) is 4.31 Å². The van der Waals surface area contributed by atoms with Crippen LogP contribution in [-0.4, -0.2) is 44.3 Å². The average Bonchev–Trinajstić information content (AvgIpc) is 2.83. The molecule has 196 valence electrons. The first-order chi connectivity index (χ1) is 17.4. The highest BCUT2D eigenvalue weighted by atomic mass is 32.2. The zero-order chi connectivity index (χ0) is 27.0. The van der Waals surface area contributed by atoms with Crippen molar-refractivity contribution < 1.29 is 30.8 Å². The third-order valence-electron chi connectivity index (χ3n) is 6.22. The number of anilines is 2. The Bertz CT molecular complexity index is 1430. The minimum atomic E-state index is -4.75. The number of sulfonamides is 1. The molecule has 6 nitrogen and oxygen atoms in total. The standard InChI is InChI=1S/C26H25F4N3O3S/c1-17-6-5-7-19(14-17)33-13-12-32(16-18(33)2)37(35,36)20-10-11-23(27)21(15-20)25(34)31-24-9-4-3-8-22(24)26(28,29)30/h3-11,14-15,18H,12-13,16H2,1-2H3,(H,31,34)/t18-/m0/s1. The van der Waals surface area contributed by atoms with E-state index in [9.17, 15) is 30.8 Å². The highest BCUT2D eigenvalue weighted by molar-refractivity contribution is 7.89. The van der Waals surface area contributed by atoms with Gasteiger partial charge < -0.3 is 10.2 Å². The second-order valence-electron chi connectivity index (χ2n) is 8.88. The van der Waals surface area contributed by atoms with Crippen LogP contribution in [0.4, 0.5) is 28.9 Å². The summed E-state index contributed by atoms with van der Waals surface area (Å²) < 4.78 is 82.4. The third kappa shape index (κ3) is 5.62. The highest BCUT2D eigenvalue weighted by Crippen LogP contribution is 2.35. The van der Waals surface area contributed by atoms with E-state index in [2.05, 4.69) is 10.2 Å². The number of piperazine rings is 1. The van der Waals surface area contributed by atoms with Gasteiger partial charge in [-0.1, -0.05) is 24.3 Å². The van der Waals surface area contributed by atoms with E-state index in [0.717, 1.165) is 47.6 Å². The van der Waals surface area contributed by atoms with Crippen molar-refractivity contribution in [1.29, 1.82) is 0 Å². The van der Waals surface area contributed by atoms with Crippen molar-refractivity contribution in [3.8, 4) is 0 Å². The van der Waals surface area contributed by atoms with E-state index >= 15 is 0 Å². The number of para-hydroxylation sites is 1. The van der Waals surface area contributed by atoms with Crippen LogP contribution in [0.25, 0.3) is 0 Å². The molecule has 3 aromatic carbocycles. The van der Waals surface area contributed by atoms with Crippen molar-refractivity contribution in [3.05, 3.63) is 89.2 Å². The maximum Gasteiger partial charge on any atom is 0.418 e. The number of nitrogens with one attached hydrogen (secondary N) is 1. The summed E-state index contributed by atoms with van der Waals surface area (Å²) in [7, 11) is -4.11. The molecule has 3 aromatic rings. The molecule has 0 radical (unpaired) electrons. The summed E-state index contributed by atoms with van der Waals surface area (Å²) in [4.78, 5) is 14.5. The van der Waals surface area contributed by atoms with Crippen LogP contribution in [0, 0.1) is 12.7 Å². The molecule has 1 saturated heterocycles. The average molecular weight is 536 g/mol. The van der Waals surface area contributed by atoms with Crippen LogP contribution in [0.2, 0.25) is 0 Å². The summed E-state index contributed by atoms with van der Waals surface area (Å²) in [5, 5.41) is 2.05. The predicted octanol–water partition coefficient (Wildman–Crippen LogP) is 5.30. The second kappa shape index (κ2) is 10.1. The second-order valence-corrected chi connectivity index (χ2v) is 10.8. The van der Waals surface area contributed by atoms with Gasteiger partial charge in [0, 0.05) is 31.4 Å². The fourth-order valence-corrected chi connectivity index (χ4v) is 5.89. The molecule has 0 saturated carbocycles. The summed E-state index contributed by atoms with van der Waals surface area (Å²) in [5.74, 6) is -2.25. The van der Waals surface area contributed by atoms with Crippen LogP contribution in [0.3, 0.4) is 0 Å². The molecule has 1 aliphatic heterocycles. The molecule has 1 amide bonds. The number of benzene rings is 3. The number of carbonyl (C=O) groups is 1. The molecule has 1 heterocycles. The third-order valence-corrected chi connectivity index (χ3v) is 8.09. The van der Waals surface area contributed by atoms with Crippen LogP contribution in [0.15, 0.2) is 71.6 Å². The Morgan fingerprint density at radius 2 is 1.73 bits per heavy atom. The quantitative estimate of drug-likeness (QED) is 0.450. The van der Waals surface area contributed by atoms with E-state index in [4.69, 9.17) is 0 Å². The Balaban J connectivity index is 1.56. The molecule has 0 unspecified atom stereocenters. The van der Waals surface area contributed by atoms with Crippen LogP contribution >= 0.6 is 0 Å². The first-order valence-corrected chi connectivity index (χ1v) is 12.9. The van der Waals surface area contributed by atoms with Gasteiger partial charge in [0.1, 0.15) is 5.82 Å². The summed E-state index contributed by atoms with van der Waals surface area (Å²) in [5.41, 5.74) is -0.287. The molecule has 1 aliphatic rings. The predicted molar refractivity (Wildman–Crippen MR) is 133 cm³/mol. The van der Waals surface area contributed by atoms with Gasteiger partial charge in [-0.25, -0.2) is 12.8 Å². The van der Waals surface area contributed by atoms with Crippen molar-refractivity contribution >= 4 is 27.3 Å². The zero-order valence-corrected chi connectivity index (χ0v) is 20.9. The van der Waals surface area contributed by atoms with Crippen molar-refractivity contribution in [2.24, 2.45) is 0 Å². The number of carbonyl (C=O) groups excluding carboxylic acids is 1. The van der Waals surface area contributed by atoms with E-state index in [0.29, 0.717) is 6.54 Å². The van der Waals surface area contributed by atoms with Crippen molar-refractivity contribution in [3.63, 3.8) is 0 Å². The number of amides is 1. The van der Waals surface area contributed by atoms with Gasteiger partial charge in [0.15, 0.2) is 0 Å². The fraction of sp³-hybridized carbons (Fsp3) is 0.269. The van der Waals surface area contributed by atoms with Gasteiger partial charge in [-0.3, -0.25) is 4.79 Å². The molecule has 1 N–H and O–H groups in total. The summed E-state index contributed by atoms with van der Waals surface area (Å²) in [6.07, 6.45) is -4.75. The van der Waals surface area contributed by atoms with Gasteiger partial charge in [-0.05, 0) is 61.9 Å². The Labute approximate surface area is 212 Å². The summed E-state index contributed by atoms with van der Waals surface area (Å²) in [6.45, 7) is 4.61. The molecule has 0 spiro atoms. The van der Waals surface area contributed by atoms with Gasteiger partial charge in [-0.15, -0.1) is 0 Å². The van der Waals surface area contributed by atoms with Gasteiger partial charge in [0.25, 0.3) is 5.91 Å². The Morgan fingerprint density at radius 1 is 1.00 bits per heavy atom. The Morgan fingerprint density at radius 3 is 2.41 bits per heavy atom. The largest absolute Gasteiger partial charge is 0.418 e. The molecule has 0 bridgehead atoms. The first kappa shape index (κ1) is 26.6. The molecular weight excluding hydrogens is 510 g/mol. The normalized spacial score (nSPS) is 17.0. The monoisotopic (exact) mass is 535 g/mol. The van der Waals surface area contributed by atoms with E-state index < -0.39 is 44.7 Å². The van der Waals surface area contributed by atoms with Gasteiger partial charge >= 0.3 is 6.18 Å². The zero-order valence-electron chi connectivity index (χ0n) is 20.1. The first-order valence-electron chi connectivity index (χ1n) is 11.5. The summed E-state index contributed by atoms with van der Waals surface area (Å²) in [6, 6.07) is 14.7. The minimum Gasteiger partial charge on any atom is -0.366 e. The number of halogens is 4. The Kier molecular flexibility index (Phi) is 7.29. The molecule has 1 fully saturated rings. The molecule has 4 rings (SSSR count). The smallest absolute Gasteiger partial charge is 0.366 e. The highest BCUT2D eigenvalue weighted by Gasteiger charge is 2.35. The molecular formula is C26H25F4N3O3S. The number of aryl methyl sites for hydroxylation is 1. The van der Waals surface area contributed by atoms with E-state index in [1.165, 1.54) is 10.4 Å². The number of nitrogens with zero attached hydrogens (tertiary/aromatic N) is 2. The lowest BCUT2D eigenvalue weighted by atomic mass is 10.1. The fourth-order valence-electron chi connectivity index (χ4n) is 4.35. The van der Waals surface area contributed by atoms with Gasteiger partial charge in [0.2, 0.25) is 10.0 Å². The van der Waals surface area contributed by atoms with Crippen molar-refractivity contribution in [2.45, 2.75) is 31.0 Å². The van der Waals surface area contributed by atoms with Crippen LogP contribution < -0.4 is 10.2 Å². The maximum absolute atomic E-state index is 14.5. The molecule has 1 atom stereocenters. The summed E-state index contributed by atoms with van der Waals surface area (Å²) >= 11 is 0. The van der Waals surface area contributed by atoms with Crippen LogP contribution in [-0.2, 0) is 16.2 Å². The SMILES string of the molecule is Cc1cccc(N2CCN(S(=O)(=O)c3ccc(F)c(C(=O)Nc4ccccc4C(F)(F)F)c3)C[C@@H]2C)c1. The van der Waals surface area contributed by atoms with Crippen LogP contribution in [0.5, 0.6) is 0 Å². The lowest BCUT2D eigenvalue weighted by Gasteiger charge is -2.40. The number of hydrogen-bond acceptors (Lipinski definition) is 4. The lowest BCUT2D eigenvalue weighted by molar-refractivity contribution is -0.136. The van der Waals surface area contributed by atoms with Crippen LogP contribution in [0.1, 0.15) is 28.4 Å². The lowest BCUT2D eigenvalue weighted by Crippen LogP contribution is -2.53. The maximum atomic E-state index is 14.5. The van der Waals surface area contributed by atoms with Gasteiger partial charge in [-0.2, -0.15) is 17.5 Å².